The molecule has 1 amide bonds. The number of hydrogen-bond donors (Lipinski definition) is 3. The van der Waals surface area contributed by atoms with Crippen molar-refractivity contribution in [2.24, 2.45) is 0 Å². The van der Waals surface area contributed by atoms with E-state index in [0.717, 1.165) is 0 Å². The average molecular weight is 227 g/mol. The Morgan fingerprint density at radius 1 is 1.53 bits per heavy atom. The third-order valence-corrected chi connectivity index (χ3v) is 2.40. The molecule has 0 saturated heterocycles. The van der Waals surface area contributed by atoms with Gasteiger partial charge >= 0.3 is 0 Å². The minimum Gasteiger partial charge on any atom is -0.396 e. The molecule has 0 spiro atoms. The average Bonchev–Trinajstić information content (AvgIpc) is 2.28. The Balaban J connectivity index is 2.17. The Bertz CT molecular complexity index is 295. The number of nitrogens with zero attached hydrogens (tertiary/aromatic N) is 1. The van der Waals surface area contributed by atoms with Gasteiger partial charge in [-0.2, -0.15) is 0 Å². The molecule has 0 unspecified atom stereocenters. The van der Waals surface area contributed by atoms with E-state index in [1.807, 2.05) is 6.07 Å². The van der Waals surface area contributed by atoms with Crippen molar-refractivity contribution in [2.75, 3.05) is 23.5 Å². The zero-order valence-electron chi connectivity index (χ0n) is 8.14. The maximum Gasteiger partial charge on any atom is 0.248 e. The molecule has 0 aliphatic rings. The lowest BCUT2D eigenvalue weighted by atomic mass is 10.5. The highest BCUT2D eigenvalue weighted by Gasteiger charge is 2.00. The molecular formula is C9H13N3O2S. The second-order valence-electron chi connectivity index (χ2n) is 2.66. The number of aromatic nitrogens is 1. The van der Waals surface area contributed by atoms with Crippen molar-refractivity contribution in [3.05, 3.63) is 24.4 Å². The van der Waals surface area contributed by atoms with Crippen molar-refractivity contribution in [3.8, 4) is 0 Å². The summed E-state index contributed by atoms with van der Waals surface area (Å²) in [4.78, 5) is 15.2. The Hall–Kier alpha value is -1.27. The fourth-order valence-electron chi connectivity index (χ4n) is 0.836. The molecule has 15 heavy (non-hydrogen) atoms. The van der Waals surface area contributed by atoms with Crippen molar-refractivity contribution >= 4 is 23.5 Å². The molecule has 1 rings (SSSR count). The molecule has 0 atom stereocenters. The summed E-state index contributed by atoms with van der Waals surface area (Å²) in [5.74, 6) is 1.34. The van der Waals surface area contributed by atoms with E-state index >= 15 is 0 Å². The van der Waals surface area contributed by atoms with Gasteiger partial charge in [0.1, 0.15) is 5.82 Å². The zero-order valence-corrected chi connectivity index (χ0v) is 8.96. The number of carbonyl (C=O) groups is 1. The lowest BCUT2D eigenvalue weighted by Crippen LogP contribution is -2.31. The fraction of sp³-hybridized carbons (Fsp3) is 0.333. The quantitative estimate of drug-likeness (QED) is 0.480. The van der Waals surface area contributed by atoms with Crippen molar-refractivity contribution in [1.29, 1.82) is 0 Å². The van der Waals surface area contributed by atoms with Crippen LogP contribution in [-0.4, -0.2) is 34.1 Å². The lowest BCUT2D eigenvalue weighted by molar-refractivity contribution is -0.118. The third-order valence-electron chi connectivity index (χ3n) is 1.46. The smallest absolute Gasteiger partial charge is 0.248 e. The summed E-state index contributed by atoms with van der Waals surface area (Å²) in [6.45, 7) is 0.0889. The molecule has 0 fully saturated rings. The first-order chi connectivity index (χ1) is 7.33. The molecule has 5 nitrogen and oxygen atoms in total. The van der Waals surface area contributed by atoms with Crippen molar-refractivity contribution < 1.29 is 9.90 Å². The van der Waals surface area contributed by atoms with Crippen LogP contribution in [0.25, 0.3) is 0 Å². The topological polar surface area (TPSA) is 74.2 Å². The molecule has 0 bridgehead atoms. The standard InChI is InChI=1S/C9H13N3O2S/c13-5-6-15-7-9(14)12-11-8-3-1-2-4-10-8/h1-4,13H,5-7H2,(H,10,11)(H,12,14). The molecular weight excluding hydrogens is 214 g/mol. The van der Waals surface area contributed by atoms with E-state index in [9.17, 15) is 4.79 Å². The van der Waals surface area contributed by atoms with E-state index < -0.39 is 0 Å². The van der Waals surface area contributed by atoms with E-state index in [1.54, 1.807) is 18.3 Å². The molecule has 82 valence electrons. The summed E-state index contributed by atoms with van der Waals surface area (Å²) in [7, 11) is 0. The molecule has 0 radical (unpaired) electrons. The first-order valence-corrected chi connectivity index (χ1v) is 5.63. The summed E-state index contributed by atoms with van der Waals surface area (Å²) in [5, 5.41) is 8.51. The highest BCUT2D eigenvalue weighted by Crippen LogP contribution is 1.99. The van der Waals surface area contributed by atoms with Gasteiger partial charge in [-0.25, -0.2) is 4.98 Å². The van der Waals surface area contributed by atoms with Gasteiger partial charge in [-0.05, 0) is 12.1 Å². The number of amides is 1. The summed E-state index contributed by atoms with van der Waals surface area (Å²) >= 11 is 1.37. The van der Waals surface area contributed by atoms with Gasteiger partial charge in [-0.1, -0.05) is 6.07 Å². The third kappa shape index (κ3) is 5.24. The summed E-state index contributed by atoms with van der Waals surface area (Å²) < 4.78 is 0. The van der Waals surface area contributed by atoms with Gasteiger partial charge in [-0.3, -0.25) is 15.6 Å². The number of pyridine rings is 1. The number of hydrazine groups is 1. The summed E-state index contributed by atoms with van der Waals surface area (Å²) in [5.41, 5.74) is 5.19. The molecule has 3 N–H and O–H groups in total. The van der Waals surface area contributed by atoms with Gasteiger partial charge in [0.2, 0.25) is 5.91 Å². The highest BCUT2D eigenvalue weighted by atomic mass is 32.2. The normalized spacial score (nSPS) is 9.67. The van der Waals surface area contributed by atoms with Gasteiger partial charge in [0.25, 0.3) is 0 Å². The Kier molecular flexibility index (Phi) is 5.57. The van der Waals surface area contributed by atoms with Crippen LogP contribution in [0.4, 0.5) is 5.82 Å². The van der Waals surface area contributed by atoms with Crippen LogP contribution in [0.1, 0.15) is 0 Å². The molecule has 1 aromatic heterocycles. The SMILES string of the molecule is O=C(CSCCO)NNc1ccccn1. The molecule has 0 aliphatic carbocycles. The molecule has 1 aromatic rings. The summed E-state index contributed by atoms with van der Waals surface area (Å²) in [6, 6.07) is 5.37. The number of aliphatic hydroxyl groups is 1. The van der Waals surface area contributed by atoms with E-state index in [4.69, 9.17) is 5.11 Å². The number of thioether (sulfide) groups is 1. The molecule has 0 aromatic carbocycles. The number of rotatable bonds is 6. The van der Waals surface area contributed by atoms with Gasteiger partial charge in [0.05, 0.1) is 12.4 Å². The second-order valence-corrected chi connectivity index (χ2v) is 3.77. The van der Waals surface area contributed by atoms with Crippen LogP contribution in [0.2, 0.25) is 0 Å². The van der Waals surface area contributed by atoms with Crippen LogP contribution in [0.15, 0.2) is 24.4 Å². The van der Waals surface area contributed by atoms with Gasteiger partial charge in [0.15, 0.2) is 0 Å². The van der Waals surface area contributed by atoms with Gasteiger partial charge in [-0.15, -0.1) is 11.8 Å². The molecule has 6 heteroatoms. The van der Waals surface area contributed by atoms with E-state index in [1.165, 1.54) is 11.8 Å². The fourth-order valence-corrected chi connectivity index (χ4v) is 1.37. The van der Waals surface area contributed by atoms with Crippen LogP contribution >= 0.6 is 11.8 Å². The van der Waals surface area contributed by atoms with Crippen molar-refractivity contribution in [3.63, 3.8) is 0 Å². The first-order valence-electron chi connectivity index (χ1n) is 4.47. The van der Waals surface area contributed by atoms with Crippen LogP contribution in [-0.2, 0) is 4.79 Å². The summed E-state index contributed by atoms with van der Waals surface area (Å²) in [6.07, 6.45) is 1.63. The van der Waals surface area contributed by atoms with Gasteiger partial charge in [0, 0.05) is 11.9 Å². The Morgan fingerprint density at radius 2 is 2.40 bits per heavy atom. The minimum absolute atomic E-state index is 0.0889. The van der Waals surface area contributed by atoms with Crippen molar-refractivity contribution in [1.82, 2.24) is 10.4 Å². The zero-order chi connectivity index (χ0) is 10.9. The Morgan fingerprint density at radius 3 is 3.07 bits per heavy atom. The lowest BCUT2D eigenvalue weighted by Gasteiger charge is -2.06. The van der Waals surface area contributed by atoms with Crippen molar-refractivity contribution in [2.45, 2.75) is 0 Å². The van der Waals surface area contributed by atoms with E-state index in [2.05, 4.69) is 15.8 Å². The second kappa shape index (κ2) is 7.08. The van der Waals surface area contributed by atoms with Crippen LogP contribution < -0.4 is 10.9 Å². The van der Waals surface area contributed by atoms with E-state index in [-0.39, 0.29) is 12.5 Å². The monoisotopic (exact) mass is 227 g/mol. The minimum atomic E-state index is -0.140. The number of nitrogens with one attached hydrogen (secondary N) is 2. The maximum absolute atomic E-state index is 11.2. The molecule has 1 heterocycles. The Labute approximate surface area is 92.3 Å². The van der Waals surface area contributed by atoms with Gasteiger partial charge < -0.3 is 5.11 Å². The number of hydrogen-bond acceptors (Lipinski definition) is 5. The maximum atomic E-state index is 11.2. The predicted molar refractivity (Wildman–Crippen MR) is 60.4 cm³/mol. The molecule has 0 saturated carbocycles. The van der Waals surface area contributed by atoms with Crippen LogP contribution in [0, 0.1) is 0 Å². The number of carbonyl (C=O) groups excluding carboxylic acids is 1. The van der Waals surface area contributed by atoms with Crippen LogP contribution in [0.3, 0.4) is 0 Å². The van der Waals surface area contributed by atoms with E-state index in [0.29, 0.717) is 17.3 Å². The highest BCUT2D eigenvalue weighted by molar-refractivity contribution is 7.99. The largest absolute Gasteiger partial charge is 0.396 e. The van der Waals surface area contributed by atoms with Crippen LogP contribution in [0.5, 0.6) is 0 Å². The number of aliphatic hydroxyl groups excluding tert-OH is 1. The predicted octanol–water partition coefficient (Wildman–Crippen LogP) is 0.250. The molecule has 0 aliphatic heterocycles. The number of anilines is 1. The first kappa shape index (κ1) is 11.8.